The maximum atomic E-state index is 11.0. The van der Waals surface area contributed by atoms with Gasteiger partial charge in [-0.25, -0.2) is 0 Å². The lowest BCUT2D eigenvalue weighted by Gasteiger charge is -2.11. The van der Waals surface area contributed by atoms with Crippen LogP contribution in [0.25, 0.3) is 10.8 Å². The average molecular weight is 289 g/mol. The highest BCUT2D eigenvalue weighted by molar-refractivity contribution is 5.94. The Morgan fingerprint density at radius 2 is 2.14 bits per heavy atom. The van der Waals surface area contributed by atoms with Gasteiger partial charge in [-0.15, -0.1) is 0 Å². The first kappa shape index (κ1) is 15.2. The summed E-state index contributed by atoms with van der Waals surface area (Å²) in [6, 6.07) is 5.21. The fourth-order valence-electron chi connectivity index (χ4n) is 2.08. The fourth-order valence-corrected chi connectivity index (χ4v) is 2.08. The zero-order valence-corrected chi connectivity index (χ0v) is 12.2. The lowest BCUT2D eigenvalue weighted by atomic mass is 10.1. The van der Waals surface area contributed by atoms with E-state index in [9.17, 15) is 10.1 Å². The van der Waals surface area contributed by atoms with Crippen LogP contribution in [0, 0.1) is 10.1 Å². The van der Waals surface area contributed by atoms with Gasteiger partial charge < -0.3 is 10.1 Å². The Hall–Kier alpha value is -2.21. The van der Waals surface area contributed by atoms with Crippen molar-refractivity contribution in [3.8, 4) is 5.75 Å². The van der Waals surface area contributed by atoms with Gasteiger partial charge in [0.1, 0.15) is 5.75 Å². The second-order valence-electron chi connectivity index (χ2n) is 5.07. The fraction of sp³-hybridized carbons (Fsp3) is 0.400. The van der Waals surface area contributed by atoms with E-state index in [1.807, 2.05) is 0 Å². The molecule has 0 aliphatic heterocycles. The van der Waals surface area contributed by atoms with Crippen molar-refractivity contribution in [2.45, 2.75) is 26.3 Å². The molecule has 0 aliphatic carbocycles. The number of aromatic nitrogens is 1. The number of benzene rings is 1. The molecule has 1 aromatic carbocycles. The third kappa shape index (κ3) is 3.88. The molecule has 112 valence electrons. The molecule has 0 aliphatic rings. The number of rotatable bonds is 7. The van der Waals surface area contributed by atoms with E-state index in [0.29, 0.717) is 29.2 Å². The van der Waals surface area contributed by atoms with Gasteiger partial charge in [0.05, 0.1) is 16.9 Å². The van der Waals surface area contributed by atoms with Gasteiger partial charge in [0.2, 0.25) is 0 Å². The lowest BCUT2D eigenvalue weighted by molar-refractivity contribution is -0.383. The minimum absolute atomic E-state index is 0.0706. The minimum Gasteiger partial charge on any atom is -0.493 e. The van der Waals surface area contributed by atoms with Crippen LogP contribution in [0.2, 0.25) is 0 Å². The van der Waals surface area contributed by atoms with Gasteiger partial charge in [-0.2, -0.15) is 0 Å². The zero-order chi connectivity index (χ0) is 15.2. The molecular formula is C15H19N3O3. The van der Waals surface area contributed by atoms with Crippen LogP contribution in [-0.2, 0) is 0 Å². The number of hydrogen-bond acceptors (Lipinski definition) is 5. The first-order valence-corrected chi connectivity index (χ1v) is 6.97. The summed E-state index contributed by atoms with van der Waals surface area (Å²) in [6.07, 6.45) is 4.02. The number of ether oxygens (including phenoxy) is 1. The normalized spacial score (nSPS) is 11.0. The summed E-state index contributed by atoms with van der Waals surface area (Å²) in [5, 5.41) is 15.6. The second kappa shape index (κ2) is 6.99. The molecule has 1 N–H and O–H groups in total. The van der Waals surface area contributed by atoms with E-state index in [2.05, 4.69) is 24.1 Å². The van der Waals surface area contributed by atoms with Crippen molar-refractivity contribution in [3.63, 3.8) is 0 Å². The van der Waals surface area contributed by atoms with Crippen molar-refractivity contribution in [2.24, 2.45) is 0 Å². The Morgan fingerprint density at radius 3 is 2.86 bits per heavy atom. The van der Waals surface area contributed by atoms with Gasteiger partial charge in [0.25, 0.3) is 5.69 Å². The summed E-state index contributed by atoms with van der Waals surface area (Å²) in [6.45, 7) is 5.62. The molecule has 21 heavy (non-hydrogen) atoms. The molecule has 0 atom stereocenters. The van der Waals surface area contributed by atoms with Crippen molar-refractivity contribution < 1.29 is 9.66 Å². The highest BCUT2D eigenvalue weighted by Gasteiger charge is 2.14. The molecule has 0 amide bonds. The number of fused-ring (bicyclic) bond motifs is 1. The van der Waals surface area contributed by atoms with Crippen LogP contribution in [0.4, 0.5) is 5.69 Å². The topological polar surface area (TPSA) is 77.3 Å². The maximum Gasteiger partial charge on any atom is 0.277 e. The van der Waals surface area contributed by atoms with Crippen molar-refractivity contribution in [2.75, 3.05) is 13.2 Å². The first-order valence-electron chi connectivity index (χ1n) is 6.97. The number of nitro groups is 1. The van der Waals surface area contributed by atoms with Crippen LogP contribution in [0.1, 0.15) is 20.3 Å². The van der Waals surface area contributed by atoms with E-state index < -0.39 is 4.92 Å². The van der Waals surface area contributed by atoms with Crippen LogP contribution in [0.3, 0.4) is 0 Å². The molecule has 0 saturated carbocycles. The Balaban J connectivity index is 2.11. The molecule has 6 nitrogen and oxygen atoms in total. The number of hydrogen-bond donors (Lipinski definition) is 1. The molecule has 0 bridgehead atoms. The Labute approximate surface area is 123 Å². The number of non-ortho nitro benzene ring substituents is 1. The Morgan fingerprint density at radius 1 is 1.33 bits per heavy atom. The summed E-state index contributed by atoms with van der Waals surface area (Å²) < 4.78 is 5.73. The molecule has 6 heteroatoms. The number of nitro benzene ring substituents is 1. The summed E-state index contributed by atoms with van der Waals surface area (Å²) >= 11 is 0. The van der Waals surface area contributed by atoms with Crippen LogP contribution < -0.4 is 10.1 Å². The third-order valence-corrected chi connectivity index (χ3v) is 3.08. The molecule has 0 spiro atoms. The number of pyridine rings is 1. The predicted octanol–water partition coefficient (Wildman–Crippen LogP) is 2.91. The van der Waals surface area contributed by atoms with E-state index in [0.717, 1.165) is 13.0 Å². The van der Waals surface area contributed by atoms with Crippen LogP contribution >= 0.6 is 0 Å². The minimum atomic E-state index is -0.390. The van der Waals surface area contributed by atoms with E-state index in [-0.39, 0.29) is 5.69 Å². The molecular weight excluding hydrogens is 270 g/mol. The molecule has 0 fully saturated rings. The van der Waals surface area contributed by atoms with Crippen molar-refractivity contribution in [1.82, 2.24) is 10.3 Å². The van der Waals surface area contributed by atoms with Crippen LogP contribution in [0.5, 0.6) is 5.75 Å². The maximum absolute atomic E-state index is 11.0. The number of nitrogens with zero attached hydrogens (tertiary/aromatic N) is 2. The summed E-state index contributed by atoms with van der Waals surface area (Å²) in [5.74, 6) is 0.633. The third-order valence-electron chi connectivity index (χ3n) is 3.08. The molecule has 1 heterocycles. The van der Waals surface area contributed by atoms with Crippen LogP contribution in [-0.4, -0.2) is 29.1 Å². The SMILES string of the molecule is CC(C)NCCCOc1ccc([N+](=O)[O-])c2ccncc12. The number of nitrogens with one attached hydrogen (secondary N) is 1. The van der Waals surface area contributed by atoms with E-state index in [1.165, 1.54) is 6.07 Å². The Kier molecular flexibility index (Phi) is 5.05. The quantitative estimate of drug-likeness (QED) is 0.482. The molecule has 0 unspecified atom stereocenters. The van der Waals surface area contributed by atoms with E-state index >= 15 is 0 Å². The molecule has 0 saturated heterocycles. The van der Waals surface area contributed by atoms with Gasteiger partial charge in [-0.05, 0) is 25.1 Å². The van der Waals surface area contributed by atoms with Gasteiger partial charge in [-0.1, -0.05) is 13.8 Å². The van der Waals surface area contributed by atoms with E-state index in [1.54, 1.807) is 24.5 Å². The largest absolute Gasteiger partial charge is 0.493 e. The van der Waals surface area contributed by atoms with E-state index in [4.69, 9.17) is 4.74 Å². The van der Waals surface area contributed by atoms with Crippen molar-refractivity contribution in [1.29, 1.82) is 0 Å². The standard InChI is InChI=1S/C15H19N3O3/c1-11(2)17-7-3-9-21-15-5-4-14(18(19)20)12-6-8-16-10-13(12)15/h4-6,8,10-11,17H,3,7,9H2,1-2H3. The summed E-state index contributed by atoms with van der Waals surface area (Å²) in [4.78, 5) is 14.7. The highest BCUT2D eigenvalue weighted by Crippen LogP contribution is 2.32. The molecule has 1 aromatic heterocycles. The van der Waals surface area contributed by atoms with Gasteiger partial charge in [0, 0.05) is 29.9 Å². The van der Waals surface area contributed by atoms with Crippen LogP contribution in [0.15, 0.2) is 30.6 Å². The monoisotopic (exact) mass is 289 g/mol. The van der Waals surface area contributed by atoms with Crippen molar-refractivity contribution >= 4 is 16.5 Å². The average Bonchev–Trinajstić information content (AvgIpc) is 2.46. The molecule has 2 aromatic rings. The van der Waals surface area contributed by atoms with Gasteiger partial charge in [0.15, 0.2) is 0 Å². The second-order valence-corrected chi connectivity index (χ2v) is 5.07. The summed E-state index contributed by atoms with van der Waals surface area (Å²) in [7, 11) is 0. The predicted molar refractivity (Wildman–Crippen MR) is 81.6 cm³/mol. The molecule has 0 radical (unpaired) electrons. The lowest BCUT2D eigenvalue weighted by Crippen LogP contribution is -2.24. The first-order chi connectivity index (χ1) is 10.1. The Bertz CT molecular complexity index is 629. The van der Waals surface area contributed by atoms with Crippen molar-refractivity contribution in [3.05, 3.63) is 40.7 Å². The summed E-state index contributed by atoms with van der Waals surface area (Å²) in [5.41, 5.74) is 0.0706. The smallest absolute Gasteiger partial charge is 0.277 e. The van der Waals surface area contributed by atoms with Gasteiger partial charge in [-0.3, -0.25) is 15.1 Å². The van der Waals surface area contributed by atoms with Gasteiger partial charge >= 0.3 is 0 Å². The zero-order valence-electron chi connectivity index (χ0n) is 12.2. The molecule has 2 rings (SSSR count). The highest BCUT2D eigenvalue weighted by atomic mass is 16.6.